The van der Waals surface area contributed by atoms with Gasteiger partial charge >= 0.3 is 0 Å². The van der Waals surface area contributed by atoms with Gasteiger partial charge in [-0.15, -0.1) is 0 Å². The van der Waals surface area contributed by atoms with Crippen molar-refractivity contribution in [3.8, 4) is 0 Å². The molecule has 4 rings (SSSR count). The zero-order valence-corrected chi connectivity index (χ0v) is 11.4. The summed E-state index contributed by atoms with van der Waals surface area (Å²) in [6, 6.07) is 16.1. The normalized spacial score (nSPS) is 16.7. The van der Waals surface area contributed by atoms with Gasteiger partial charge in [-0.25, -0.2) is 0 Å². The number of H-pyrrole nitrogens is 1. The fourth-order valence-corrected chi connectivity index (χ4v) is 3.06. The molecule has 0 radical (unpaired) electrons. The molecule has 2 heterocycles. The zero-order chi connectivity index (χ0) is 14.4. The Kier molecular flexibility index (Phi) is 2.51. The van der Waals surface area contributed by atoms with E-state index in [1.54, 1.807) is 6.07 Å². The summed E-state index contributed by atoms with van der Waals surface area (Å²) in [7, 11) is 0. The van der Waals surface area contributed by atoms with Crippen LogP contribution in [0.3, 0.4) is 0 Å². The molecule has 1 aliphatic heterocycles. The highest BCUT2D eigenvalue weighted by Crippen LogP contribution is 2.35. The fourth-order valence-electron chi connectivity index (χ4n) is 3.06. The van der Waals surface area contributed by atoms with Crippen LogP contribution in [-0.2, 0) is 6.42 Å². The third-order valence-corrected chi connectivity index (χ3v) is 4.10. The Labute approximate surface area is 122 Å². The number of amides is 1. The summed E-state index contributed by atoms with van der Waals surface area (Å²) in [4.78, 5) is 14.9. The molecule has 4 heteroatoms. The van der Waals surface area contributed by atoms with E-state index >= 15 is 0 Å². The van der Waals surface area contributed by atoms with E-state index in [0.29, 0.717) is 5.56 Å². The van der Waals surface area contributed by atoms with E-state index < -0.39 is 5.91 Å². The first-order valence-corrected chi connectivity index (χ1v) is 6.98. The lowest BCUT2D eigenvalue weighted by Gasteiger charge is -2.08. The largest absolute Gasteiger partial charge is 0.376 e. The van der Waals surface area contributed by atoms with Gasteiger partial charge in [-0.3, -0.25) is 4.79 Å². The Morgan fingerprint density at radius 3 is 2.81 bits per heavy atom. The average molecular weight is 277 g/mol. The molecule has 21 heavy (non-hydrogen) atoms. The first-order chi connectivity index (χ1) is 10.2. The van der Waals surface area contributed by atoms with E-state index in [1.165, 1.54) is 11.3 Å². The van der Waals surface area contributed by atoms with Crippen LogP contribution in [0.1, 0.15) is 27.7 Å². The summed E-state index contributed by atoms with van der Waals surface area (Å²) in [5.41, 5.74) is 10.5. The number of carbonyl (C=O) groups is 1. The predicted octanol–water partition coefficient (Wildman–Crippen LogP) is 2.98. The number of carbonyl (C=O) groups excluding carboxylic acids is 1. The van der Waals surface area contributed by atoms with Gasteiger partial charge in [-0.2, -0.15) is 0 Å². The van der Waals surface area contributed by atoms with Crippen LogP contribution in [0.25, 0.3) is 10.9 Å². The molecule has 0 fully saturated rings. The highest BCUT2D eigenvalue weighted by Gasteiger charge is 2.23. The van der Waals surface area contributed by atoms with Crippen molar-refractivity contribution in [1.29, 1.82) is 0 Å². The van der Waals surface area contributed by atoms with Crippen molar-refractivity contribution >= 4 is 22.5 Å². The summed E-state index contributed by atoms with van der Waals surface area (Å²) >= 11 is 0. The molecule has 4 N–H and O–H groups in total. The molecule has 104 valence electrons. The zero-order valence-electron chi connectivity index (χ0n) is 11.4. The minimum atomic E-state index is -0.395. The molecule has 1 unspecified atom stereocenters. The number of primary amides is 1. The van der Waals surface area contributed by atoms with Crippen molar-refractivity contribution < 1.29 is 4.79 Å². The van der Waals surface area contributed by atoms with Crippen LogP contribution in [0.5, 0.6) is 0 Å². The van der Waals surface area contributed by atoms with Crippen LogP contribution in [0.2, 0.25) is 0 Å². The molecule has 3 aromatic rings. The molecule has 0 aliphatic carbocycles. The maximum atomic E-state index is 11.5. The van der Waals surface area contributed by atoms with Crippen LogP contribution < -0.4 is 11.1 Å². The van der Waals surface area contributed by atoms with Crippen LogP contribution in [-0.4, -0.2) is 10.9 Å². The molecule has 4 nitrogen and oxygen atoms in total. The van der Waals surface area contributed by atoms with Gasteiger partial charge in [0.2, 0.25) is 5.91 Å². The Balaban J connectivity index is 1.76. The molecule has 0 saturated heterocycles. The highest BCUT2D eigenvalue weighted by atomic mass is 16.1. The molecule has 0 saturated carbocycles. The van der Waals surface area contributed by atoms with Gasteiger partial charge < -0.3 is 16.0 Å². The Morgan fingerprint density at radius 2 is 2.00 bits per heavy atom. The average Bonchev–Trinajstić information content (AvgIpc) is 3.09. The number of hydrogen-bond acceptors (Lipinski definition) is 2. The fraction of sp³-hybridized carbons (Fsp3) is 0.118. The van der Waals surface area contributed by atoms with Crippen molar-refractivity contribution in [1.82, 2.24) is 4.98 Å². The monoisotopic (exact) mass is 277 g/mol. The Morgan fingerprint density at radius 1 is 1.14 bits per heavy atom. The number of aromatic nitrogens is 1. The van der Waals surface area contributed by atoms with E-state index in [-0.39, 0.29) is 6.04 Å². The Hall–Kier alpha value is -2.75. The van der Waals surface area contributed by atoms with E-state index in [1.807, 2.05) is 24.3 Å². The Bertz CT molecular complexity index is 825. The standard InChI is InChI=1S/C17H15N3O/c18-17(21)11-5-3-7-14-12(11)9-16(20-14)15-8-10-4-1-2-6-13(10)19-15/h1-7,9,15,19-20H,8H2,(H2,18,21). The number of para-hydroxylation sites is 1. The molecule has 1 aromatic heterocycles. The van der Waals surface area contributed by atoms with E-state index in [9.17, 15) is 4.79 Å². The third-order valence-electron chi connectivity index (χ3n) is 4.10. The maximum Gasteiger partial charge on any atom is 0.249 e. The van der Waals surface area contributed by atoms with Gasteiger partial charge in [0.25, 0.3) is 0 Å². The lowest BCUT2D eigenvalue weighted by atomic mass is 10.1. The van der Waals surface area contributed by atoms with E-state index in [0.717, 1.165) is 23.0 Å². The molecule has 1 atom stereocenters. The summed E-state index contributed by atoms with van der Waals surface area (Å²) < 4.78 is 0. The number of fused-ring (bicyclic) bond motifs is 2. The van der Waals surface area contributed by atoms with Crippen molar-refractivity contribution in [2.45, 2.75) is 12.5 Å². The number of anilines is 1. The maximum absolute atomic E-state index is 11.5. The highest BCUT2D eigenvalue weighted by molar-refractivity contribution is 6.05. The summed E-state index contributed by atoms with van der Waals surface area (Å²) in [5, 5.41) is 4.40. The van der Waals surface area contributed by atoms with Crippen molar-refractivity contribution in [2.75, 3.05) is 5.32 Å². The number of aromatic amines is 1. The minimum Gasteiger partial charge on any atom is -0.376 e. The van der Waals surface area contributed by atoms with Gasteiger partial charge in [0.15, 0.2) is 0 Å². The van der Waals surface area contributed by atoms with Gasteiger partial charge in [0.1, 0.15) is 0 Å². The number of hydrogen-bond donors (Lipinski definition) is 3. The van der Waals surface area contributed by atoms with E-state index in [2.05, 4.69) is 28.5 Å². The molecular formula is C17H15N3O. The van der Waals surface area contributed by atoms with Crippen LogP contribution in [0.15, 0.2) is 48.5 Å². The number of rotatable bonds is 2. The first-order valence-electron chi connectivity index (χ1n) is 6.98. The molecule has 1 aliphatic rings. The summed E-state index contributed by atoms with van der Waals surface area (Å²) in [5.74, 6) is -0.395. The van der Waals surface area contributed by atoms with Crippen molar-refractivity contribution in [2.24, 2.45) is 5.73 Å². The second kappa shape index (κ2) is 4.38. The molecule has 1 amide bonds. The molecule has 0 bridgehead atoms. The number of benzene rings is 2. The van der Waals surface area contributed by atoms with E-state index in [4.69, 9.17) is 5.73 Å². The smallest absolute Gasteiger partial charge is 0.249 e. The predicted molar refractivity (Wildman–Crippen MR) is 83.3 cm³/mol. The summed E-state index contributed by atoms with van der Waals surface area (Å²) in [6.07, 6.45) is 0.939. The molecule has 0 spiro atoms. The van der Waals surface area contributed by atoms with Crippen molar-refractivity contribution in [3.05, 3.63) is 65.4 Å². The molecular weight excluding hydrogens is 262 g/mol. The topological polar surface area (TPSA) is 70.9 Å². The van der Waals surface area contributed by atoms with Gasteiger partial charge in [-0.1, -0.05) is 24.3 Å². The van der Waals surface area contributed by atoms with Crippen molar-refractivity contribution in [3.63, 3.8) is 0 Å². The van der Waals surface area contributed by atoms with Gasteiger partial charge in [0, 0.05) is 34.3 Å². The lowest BCUT2D eigenvalue weighted by Crippen LogP contribution is -2.10. The molecule has 2 aromatic carbocycles. The second-order valence-electron chi connectivity index (χ2n) is 5.41. The van der Waals surface area contributed by atoms with Gasteiger partial charge in [0.05, 0.1) is 6.04 Å². The first kappa shape index (κ1) is 12.0. The lowest BCUT2D eigenvalue weighted by molar-refractivity contribution is 0.100. The van der Waals surface area contributed by atoms with Crippen LogP contribution >= 0.6 is 0 Å². The van der Waals surface area contributed by atoms with Crippen LogP contribution in [0.4, 0.5) is 5.69 Å². The quantitative estimate of drug-likeness (QED) is 0.674. The SMILES string of the molecule is NC(=O)c1cccc2[nH]c(C3Cc4ccccc4N3)cc12. The van der Waals surface area contributed by atoms with Gasteiger partial charge in [-0.05, 0) is 29.8 Å². The third kappa shape index (κ3) is 1.88. The minimum absolute atomic E-state index is 0.204. The van der Waals surface area contributed by atoms with Crippen LogP contribution in [0, 0.1) is 0 Å². The second-order valence-corrected chi connectivity index (χ2v) is 5.41. The summed E-state index contributed by atoms with van der Waals surface area (Å²) in [6.45, 7) is 0. The number of nitrogens with two attached hydrogens (primary N) is 1. The number of nitrogens with one attached hydrogen (secondary N) is 2.